The molecule has 0 radical (unpaired) electrons. The van der Waals surface area contributed by atoms with Crippen molar-refractivity contribution in [3.8, 4) is 0 Å². The lowest BCUT2D eigenvalue weighted by Gasteiger charge is -2.29. The third-order valence-electron chi connectivity index (χ3n) is 7.16. The monoisotopic (exact) mass is 715 g/mol. The number of amides is 7. The molecule has 5 atom stereocenters. The maximum Gasteiger partial charge on any atom is 0.328 e. The van der Waals surface area contributed by atoms with E-state index in [1.165, 1.54) is 0 Å². The van der Waals surface area contributed by atoms with Crippen LogP contribution in [0.3, 0.4) is 0 Å². The second-order valence-electron chi connectivity index (χ2n) is 11.0. The molecule has 0 aromatic heterocycles. The number of carboxylic acids is 2. The fourth-order valence-electron chi connectivity index (χ4n) is 4.73. The van der Waals surface area contributed by atoms with E-state index in [-0.39, 0.29) is 44.7 Å². The number of carbonyl (C=O) groups is 9. The second-order valence-corrected chi connectivity index (χ2v) is 11.0. The highest BCUT2D eigenvalue weighted by atomic mass is 16.4. The van der Waals surface area contributed by atoms with E-state index < -0.39 is 122 Å². The Morgan fingerprint density at radius 2 is 1.46 bits per heavy atom. The Morgan fingerprint density at radius 1 is 0.820 bits per heavy atom. The van der Waals surface area contributed by atoms with Crippen molar-refractivity contribution in [3.05, 3.63) is 0 Å². The lowest BCUT2D eigenvalue weighted by Crippen LogP contribution is -2.58. The van der Waals surface area contributed by atoms with E-state index in [9.17, 15) is 53.4 Å². The van der Waals surface area contributed by atoms with Crippen LogP contribution in [0.15, 0.2) is 4.99 Å². The number of rotatable bonds is 22. The number of hydrogen-bond acceptors (Lipinski definition) is 12. The minimum absolute atomic E-state index is 0.0290. The Morgan fingerprint density at radius 3 is 2.02 bits per heavy atom. The fraction of sp³-hybridized carbons (Fsp3) is 0.630. The van der Waals surface area contributed by atoms with Gasteiger partial charge in [0, 0.05) is 19.5 Å². The third-order valence-corrected chi connectivity index (χ3v) is 7.16. The van der Waals surface area contributed by atoms with Crippen LogP contribution < -0.4 is 49.5 Å². The van der Waals surface area contributed by atoms with Gasteiger partial charge in [0.1, 0.15) is 30.2 Å². The lowest BCUT2D eigenvalue weighted by molar-refractivity contribution is -0.146. The molecule has 7 amide bonds. The summed E-state index contributed by atoms with van der Waals surface area (Å²) in [5, 5.41) is 38.8. The van der Waals surface area contributed by atoms with Crippen molar-refractivity contribution in [2.24, 2.45) is 27.9 Å². The summed E-state index contributed by atoms with van der Waals surface area (Å²) >= 11 is 0. The van der Waals surface area contributed by atoms with Gasteiger partial charge in [0.2, 0.25) is 41.4 Å². The number of carboxylic acid groups (broad SMARTS) is 2. The van der Waals surface area contributed by atoms with E-state index in [2.05, 4.69) is 31.6 Å². The molecule has 1 saturated heterocycles. The predicted molar refractivity (Wildman–Crippen MR) is 170 cm³/mol. The molecule has 0 aromatic rings. The highest BCUT2D eigenvalue weighted by Crippen LogP contribution is 2.20. The number of aliphatic imine (C=N–C) groups is 1. The number of carbonyl (C=O) groups excluding carboxylic acids is 7. The summed E-state index contributed by atoms with van der Waals surface area (Å²) in [4.78, 5) is 116. The number of aliphatic hydroxyl groups excluding tert-OH is 1. The molecule has 1 heterocycles. The normalized spacial score (nSPS) is 16.0. The van der Waals surface area contributed by atoms with E-state index in [0.29, 0.717) is 0 Å². The number of nitrogens with two attached hydrogens (primary N) is 4. The van der Waals surface area contributed by atoms with Gasteiger partial charge in [0.25, 0.3) is 0 Å². The van der Waals surface area contributed by atoms with Gasteiger partial charge in [-0.15, -0.1) is 0 Å². The van der Waals surface area contributed by atoms with Gasteiger partial charge in [0.05, 0.1) is 26.1 Å². The molecule has 1 aliphatic rings. The number of aliphatic carboxylic acids is 2. The summed E-state index contributed by atoms with van der Waals surface area (Å²) in [6, 6.07) is -7.31. The number of likely N-dealkylation sites (tertiary alicyclic amines) is 1. The van der Waals surface area contributed by atoms with Crippen molar-refractivity contribution in [1.29, 1.82) is 0 Å². The number of guanidine groups is 1. The smallest absolute Gasteiger partial charge is 0.328 e. The average Bonchev–Trinajstić information content (AvgIpc) is 3.54. The van der Waals surface area contributed by atoms with Crippen LogP contribution in [0.1, 0.15) is 44.9 Å². The Labute approximate surface area is 285 Å². The van der Waals surface area contributed by atoms with E-state index in [4.69, 9.17) is 28.0 Å². The van der Waals surface area contributed by atoms with Crippen LogP contribution in [0.4, 0.5) is 0 Å². The van der Waals surface area contributed by atoms with E-state index in [1.807, 2.05) is 0 Å². The zero-order valence-corrected chi connectivity index (χ0v) is 27.1. The lowest BCUT2D eigenvalue weighted by atomic mass is 10.1. The van der Waals surface area contributed by atoms with Crippen molar-refractivity contribution in [2.45, 2.75) is 75.2 Å². The molecule has 23 nitrogen and oxygen atoms in total. The molecular formula is C27H45N11O12. The Bertz CT molecular complexity index is 1310. The highest BCUT2D eigenvalue weighted by Gasteiger charge is 2.40. The van der Waals surface area contributed by atoms with Crippen LogP contribution in [-0.4, -0.2) is 142 Å². The van der Waals surface area contributed by atoms with E-state index in [1.54, 1.807) is 0 Å². The van der Waals surface area contributed by atoms with E-state index in [0.717, 1.165) is 4.90 Å². The molecule has 16 N–H and O–H groups in total. The van der Waals surface area contributed by atoms with Gasteiger partial charge < -0.3 is 69.7 Å². The molecule has 0 unspecified atom stereocenters. The van der Waals surface area contributed by atoms with Crippen molar-refractivity contribution in [1.82, 2.24) is 31.5 Å². The second kappa shape index (κ2) is 21.4. The van der Waals surface area contributed by atoms with Crippen LogP contribution in [0.5, 0.6) is 0 Å². The minimum atomic E-state index is -1.68. The van der Waals surface area contributed by atoms with E-state index >= 15 is 0 Å². The van der Waals surface area contributed by atoms with Crippen molar-refractivity contribution in [2.75, 3.05) is 32.8 Å². The number of primary amides is 1. The first-order chi connectivity index (χ1) is 23.5. The molecule has 50 heavy (non-hydrogen) atoms. The molecular weight excluding hydrogens is 670 g/mol. The fourth-order valence-corrected chi connectivity index (χ4v) is 4.73. The Hall–Kier alpha value is -5.58. The first kappa shape index (κ1) is 42.4. The summed E-state index contributed by atoms with van der Waals surface area (Å²) in [5.74, 6) is -9.51. The number of nitrogens with zero attached hydrogens (tertiary/aromatic N) is 2. The third kappa shape index (κ3) is 15.1. The summed E-state index contributed by atoms with van der Waals surface area (Å²) in [6.45, 7) is -2.00. The van der Waals surface area contributed by atoms with Gasteiger partial charge in [-0.2, -0.15) is 0 Å². The quantitative estimate of drug-likeness (QED) is 0.0281. The van der Waals surface area contributed by atoms with Crippen LogP contribution >= 0.6 is 0 Å². The van der Waals surface area contributed by atoms with Crippen LogP contribution in [0.25, 0.3) is 0 Å². The maximum atomic E-state index is 13.5. The van der Waals surface area contributed by atoms with Crippen LogP contribution in [0.2, 0.25) is 0 Å². The molecule has 0 bridgehead atoms. The van der Waals surface area contributed by atoms with Crippen molar-refractivity contribution >= 4 is 59.2 Å². The molecule has 0 aliphatic carbocycles. The highest BCUT2D eigenvalue weighted by molar-refractivity contribution is 5.98. The van der Waals surface area contributed by atoms with Gasteiger partial charge in [-0.25, -0.2) is 4.79 Å². The summed E-state index contributed by atoms with van der Waals surface area (Å²) < 4.78 is 0. The number of hydrogen-bond donors (Lipinski definition) is 12. The largest absolute Gasteiger partial charge is 0.481 e. The molecule has 0 aromatic carbocycles. The standard InChI is InChI=1S/C27H45N11O12/c28-10-19(41)34-13(3-1-7-32-27(30)31)22(45)33-11-20(42)35-14(5-6-21(43)44)23(46)36-15(9-18(29)40)25(48)38-8-2-4-17(38)24(47)37-16(12-39)26(49)50/h13-17,39H,1-12,28H2,(H2,29,40)(H,33,45)(H,34,41)(H,35,42)(H,36,46)(H,37,47)(H,43,44)(H,49,50)(H4,30,31,32)/t13-,14-,15-,16-,17-/m0/s1. The molecule has 23 heteroatoms. The van der Waals surface area contributed by atoms with Gasteiger partial charge in [-0.1, -0.05) is 0 Å². The minimum Gasteiger partial charge on any atom is -0.481 e. The van der Waals surface area contributed by atoms with Crippen LogP contribution in [0, 0.1) is 0 Å². The molecule has 1 aliphatic heterocycles. The molecule has 280 valence electrons. The van der Waals surface area contributed by atoms with Crippen LogP contribution in [-0.2, 0) is 43.2 Å². The van der Waals surface area contributed by atoms with Crippen molar-refractivity contribution in [3.63, 3.8) is 0 Å². The number of nitrogens with one attached hydrogen (secondary N) is 5. The first-order valence-corrected chi connectivity index (χ1v) is 15.4. The molecule has 0 saturated carbocycles. The van der Waals surface area contributed by atoms with Gasteiger partial charge in [-0.3, -0.25) is 43.3 Å². The summed E-state index contributed by atoms with van der Waals surface area (Å²) in [5.41, 5.74) is 21.1. The SMILES string of the molecule is NCC(=O)N[C@@H](CCCN=C(N)N)C(=O)NCC(=O)N[C@@H](CCC(=O)O)C(=O)N[C@@H](CC(N)=O)C(=O)N1CCC[C@H]1C(=O)N[C@@H](CO)C(=O)O. The molecule has 1 rings (SSSR count). The summed E-state index contributed by atoms with van der Waals surface area (Å²) in [6.07, 6.45) is -1.22. The molecule has 1 fully saturated rings. The van der Waals surface area contributed by atoms with Crippen molar-refractivity contribution < 1.29 is 58.5 Å². The zero-order valence-electron chi connectivity index (χ0n) is 27.1. The van der Waals surface area contributed by atoms with Gasteiger partial charge >= 0.3 is 11.9 Å². The Kier molecular flexibility index (Phi) is 18.2. The predicted octanol–water partition coefficient (Wildman–Crippen LogP) is -7.14. The number of aliphatic hydroxyl groups is 1. The topological polar surface area (TPSA) is 394 Å². The molecule has 0 spiro atoms. The maximum absolute atomic E-state index is 13.5. The van der Waals surface area contributed by atoms with Gasteiger partial charge in [-0.05, 0) is 32.1 Å². The zero-order chi connectivity index (χ0) is 38.0. The van der Waals surface area contributed by atoms with Gasteiger partial charge in [0.15, 0.2) is 5.96 Å². The first-order valence-electron chi connectivity index (χ1n) is 15.4. The summed E-state index contributed by atoms with van der Waals surface area (Å²) in [7, 11) is 0. The Balaban J connectivity index is 3.06. The average molecular weight is 716 g/mol.